The Balaban J connectivity index is 2.30. The van der Waals surface area contributed by atoms with Crippen molar-refractivity contribution in [1.82, 2.24) is 4.98 Å². The Morgan fingerprint density at radius 1 is 1.00 bits per heavy atom. The SMILES string of the molecule is Fc1cc(F)c(N2CCCCC2)nc1F. The van der Waals surface area contributed by atoms with E-state index in [-0.39, 0.29) is 5.82 Å². The molecule has 2 nitrogen and oxygen atoms in total. The fourth-order valence-electron chi connectivity index (χ4n) is 1.76. The topological polar surface area (TPSA) is 16.1 Å². The number of piperidine rings is 1. The number of rotatable bonds is 1. The molecule has 1 aliphatic rings. The molecule has 1 aromatic heterocycles. The molecule has 0 N–H and O–H groups in total. The van der Waals surface area contributed by atoms with Crippen molar-refractivity contribution >= 4 is 5.82 Å². The summed E-state index contributed by atoms with van der Waals surface area (Å²) in [4.78, 5) is 4.96. The van der Waals surface area contributed by atoms with Gasteiger partial charge >= 0.3 is 0 Å². The monoisotopic (exact) mass is 216 g/mol. The van der Waals surface area contributed by atoms with E-state index < -0.39 is 17.6 Å². The summed E-state index contributed by atoms with van der Waals surface area (Å²) in [5, 5.41) is 0. The Hall–Kier alpha value is -1.26. The molecule has 0 radical (unpaired) electrons. The van der Waals surface area contributed by atoms with Crippen LogP contribution in [0.4, 0.5) is 19.0 Å². The number of hydrogen-bond acceptors (Lipinski definition) is 2. The third kappa shape index (κ3) is 2.06. The van der Waals surface area contributed by atoms with Gasteiger partial charge in [-0.3, -0.25) is 0 Å². The second-order valence-electron chi connectivity index (χ2n) is 3.61. The van der Waals surface area contributed by atoms with E-state index in [0.717, 1.165) is 19.3 Å². The van der Waals surface area contributed by atoms with E-state index in [0.29, 0.717) is 19.2 Å². The molecule has 5 heteroatoms. The van der Waals surface area contributed by atoms with Crippen molar-refractivity contribution in [2.45, 2.75) is 19.3 Å². The third-order valence-corrected chi connectivity index (χ3v) is 2.52. The Bertz CT molecular complexity index is 362. The zero-order chi connectivity index (χ0) is 10.8. The molecule has 0 spiro atoms. The highest BCUT2D eigenvalue weighted by Crippen LogP contribution is 2.22. The van der Waals surface area contributed by atoms with Crippen LogP contribution in [0.1, 0.15) is 19.3 Å². The van der Waals surface area contributed by atoms with Crippen LogP contribution in [-0.4, -0.2) is 18.1 Å². The maximum absolute atomic E-state index is 13.3. The zero-order valence-electron chi connectivity index (χ0n) is 8.14. The third-order valence-electron chi connectivity index (χ3n) is 2.52. The summed E-state index contributed by atoms with van der Waals surface area (Å²) < 4.78 is 38.8. The van der Waals surface area contributed by atoms with Gasteiger partial charge in [-0.05, 0) is 19.3 Å². The normalized spacial score (nSPS) is 16.9. The highest BCUT2D eigenvalue weighted by atomic mass is 19.2. The first-order chi connectivity index (χ1) is 7.18. The van der Waals surface area contributed by atoms with E-state index in [1.165, 1.54) is 0 Å². The highest BCUT2D eigenvalue weighted by Gasteiger charge is 2.19. The largest absolute Gasteiger partial charge is 0.354 e. The molecule has 0 aliphatic carbocycles. The molecule has 1 fully saturated rings. The van der Waals surface area contributed by atoms with Gasteiger partial charge in [0.1, 0.15) is 0 Å². The van der Waals surface area contributed by atoms with Gasteiger partial charge in [0, 0.05) is 19.2 Å². The van der Waals surface area contributed by atoms with Crippen molar-refractivity contribution in [1.29, 1.82) is 0 Å². The van der Waals surface area contributed by atoms with Crippen molar-refractivity contribution in [2.75, 3.05) is 18.0 Å². The van der Waals surface area contributed by atoms with Crippen LogP contribution in [0.3, 0.4) is 0 Å². The zero-order valence-corrected chi connectivity index (χ0v) is 8.14. The first-order valence-corrected chi connectivity index (χ1v) is 4.95. The minimum Gasteiger partial charge on any atom is -0.354 e. The van der Waals surface area contributed by atoms with E-state index >= 15 is 0 Å². The van der Waals surface area contributed by atoms with E-state index in [4.69, 9.17) is 0 Å². The van der Waals surface area contributed by atoms with Crippen LogP contribution in [0.2, 0.25) is 0 Å². The molecule has 2 rings (SSSR count). The maximum atomic E-state index is 13.3. The fraction of sp³-hybridized carbons (Fsp3) is 0.500. The minimum absolute atomic E-state index is 0.0754. The quantitative estimate of drug-likeness (QED) is 0.670. The maximum Gasteiger partial charge on any atom is 0.251 e. The Morgan fingerprint density at radius 3 is 2.33 bits per heavy atom. The summed E-state index contributed by atoms with van der Waals surface area (Å²) in [6.07, 6.45) is 2.95. The van der Waals surface area contributed by atoms with E-state index in [2.05, 4.69) is 4.98 Å². The van der Waals surface area contributed by atoms with Gasteiger partial charge in [0.25, 0.3) is 5.95 Å². The van der Waals surface area contributed by atoms with Crippen LogP contribution in [0, 0.1) is 17.6 Å². The molecule has 15 heavy (non-hydrogen) atoms. The number of hydrogen-bond donors (Lipinski definition) is 0. The van der Waals surface area contributed by atoms with Crippen LogP contribution in [0.25, 0.3) is 0 Å². The number of halogens is 3. The van der Waals surface area contributed by atoms with E-state index in [9.17, 15) is 13.2 Å². The molecule has 0 aromatic carbocycles. The Morgan fingerprint density at radius 2 is 1.67 bits per heavy atom. The predicted octanol–water partition coefficient (Wildman–Crippen LogP) is 2.49. The Labute approximate surface area is 85.7 Å². The van der Waals surface area contributed by atoms with E-state index in [1.807, 2.05) is 0 Å². The lowest BCUT2D eigenvalue weighted by Gasteiger charge is -2.27. The number of aromatic nitrogens is 1. The number of anilines is 1. The van der Waals surface area contributed by atoms with Crippen molar-refractivity contribution in [3.8, 4) is 0 Å². The molecule has 1 aliphatic heterocycles. The van der Waals surface area contributed by atoms with Crippen molar-refractivity contribution in [3.63, 3.8) is 0 Å². The van der Waals surface area contributed by atoms with Gasteiger partial charge in [0.05, 0.1) is 0 Å². The molecule has 0 unspecified atom stereocenters. The molecule has 0 amide bonds. The van der Waals surface area contributed by atoms with Crippen LogP contribution in [0.5, 0.6) is 0 Å². The second kappa shape index (κ2) is 4.08. The average Bonchev–Trinajstić information content (AvgIpc) is 2.25. The average molecular weight is 216 g/mol. The minimum atomic E-state index is -1.24. The van der Waals surface area contributed by atoms with Gasteiger partial charge in [-0.15, -0.1) is 0 Å². The summed E-state index contributed by atoms with van der Waals surface area (Å²) in [5.41, 5.74) is 0. The lowest BCUT2D eigenvalue weighted by atomic mass is 10.1. The van der Waals surface area contributed by atoms with Gasteiger partial charge in [-0.25, -0.2) is 8.78 Å². The first-order valence-electron chi connectivity index (χ1n) is 4.95. The molecule has 0 atom stereocenters. The smallest absolute Gasteiger partial charge is 0.251 e. The van der Waals surface area contributed by atoms with Gasteiger partial charge in [0.2, 0.25) is 0 Å². The van der Waals surface area contributed by atoms with Crippen LogP contribution < -0.4 is 4.90 Å². The molecular weight excluding hydrogens is 205 g/mol. The Kier molecular flexibility index (Phi) is 2.79. The van der Waals surface area contributed by atoms with Crippen LogP contribution in [-0.2, 0) is 0 Å². The first kappa shape index (κ1) is 10.3. The summed E-state index contributed by atoms with van der Waals surface area (Å²) in [5.74, 6) is -3.35. The lowest BCUT2D eigenvalue weighted by Crippen LogP contribution is -2.31. The van der Waals surface area contributed by atoms with Gasteiger partial charge in [-0.2, -0.15) is 9.37 Å². The van der Waals surface area contributed by atoms with Gasteiger partial charge < -0.3 is 4.90 Å². The highest BCUT2D eigenvalue weighted by molar-refractivity contribution is 5.40. The fourth-order valence-corrected chi connectivity index (χ4v) is 1.76. The summed E-state index contributed by atoms with van der Waals surface area (Å²) >= 11 is 0. The molecule has 0 saturated carbocycles. The van der Waals surface area contributed by atoms with Crippen LogP contribution in [0.15, 0.2) is 6.07 Å². The number of nitrogens with zero attached hydrogens (tertiary/aromatic N) is 2. The van der Waals surface area contributed by atoms with E-state index in [1.54, 1.807) is 4.90 Å². The summed E-state index contributed by atoms with van der Waals surface area (Å²) in [6, 6.07) is 0.548. The standard InChI is InChI=1S/C10H11F3N2/c11-7-6-8(12)10(14-9(7)13)15-4-2-1-3-5-15/h6H,1-5H2. The molecule has 0 bridgehead atoms. The molecular formula is C10H11F3N2. The van der Waals surface area contributed by atoms with Crippen molar-refractivity contribution in [3.05, 3.63) is 23.6 Å². The summed E-state index contributed by atoms with van der Waals surface area (Å²) in [7, 11) is 0. The molecule has 1 aromatic rings. The molecule has 2 heterocycles. The van der Waals surface area contributed by atoms with Gasteiger partial charge in [0.15, 0.2) is 17.5 Å². The number of pyridine rings is 1. The lowest BCUT2D eigenvalue weighted by molar-refractivity contribution is 0.458. The molecule has 82 valence electrons. The predicted molar refractivity (Wildman–Crippen MR) is 50.2 cm³/mol. The van der Waals surface area contributed by atoms with Crippen molar-refractivity contribution < 1.29 is 13.2 Å². The van der Waals surface area contributed by atoms with Gasteiger partial charge in [-0.1, -0.05) is 0 Å². The summed E-state index contributed by atoms with van der Waals surface area (Å²) in [6.45, 7) is 1.30. The second-order valence-corrected chi connectivity index (χ2v) is 3.61. The van der Waals surface area contributed by atoms with Crippen molar-refractivity contribution in [2.24, 2.45) is 0 Å². The van der Waals surface area contributed by atoms with Crippen LogP contribution >= 0.6 is 0 Å². The molecule has 1 saturated heterocycles.